The number of urea groups is 2. The van der Waals surface area contributed by atoms with Crippen molar-refractivity contribution in [2.24, 2.45) is 40.1 Å². The van der Waals surface area contributed by atoms with Crippen LogP contribution in [0.25, 0.3) is 10.8 Å². The van der Waals surface area contributed by atoms with Crippen molar-refractivity contribution < 1.29 is 107 Å². The third-order valence-electron chi connectivity index (χ3n) is 22.1. The van der Waals surface area contributed by atoms with E-state index in [9.17, 15) is 78.0 Å². The average Bonchev–Trinajstić information content (AvgIpc) is 1.25. The van der Waals surface area contributed by atoms with Gasteiger partial charge in [-0.25, -0.2) is 9.59 Å². The summed E-state index contributed by atoms with van der Waals surface area (Å²) in [5, 5.41) is 108. The van der Waals surface area contributed by atoms with Gasteiger partial charge in [-0.2, -0.15) is 25.3 Å². The van der Waals surface area contributed by atoms with Crippen molar-refractivity contribution in [1.82, 2.24) is 95.3 Å². The Morgan fingerprint density at radius 1 is 0.357 bits per heavy atom. The van der Waals surface area contributed by atoms with Gasteiger partial charge in [-0.1, -0.05) is 66.7 Å². The lowest BCUT2D eigenvalue weighted by Crippen LogP contribution is -2.61. The number of hydrogen-bond acceptors (Lipinski definition) is 26. The van der Waals surface area contributed by atoms with Crippen LogP contribution in [0.1, 0.15) is 145 Å². The van der Waals surface area contributed by atoms with E-state index in [4.69, 9.17) is 56.4 Å². The first-order valence-electron chi connectivity index (χ1n) is 45.5. The van der Waals surface area contributed by atoms with Crippen LogP contribution < -0.4 is 131 Å². The van der Waals surface area contributed by atoms with Gasteiger partial charge in [-0.05, 0) is 167 Å². The van der Waals surface area contributed by atoms with Gasteiger partial charge in [0.05, 0.1) is 0 Å². The third kappa shape index (κ3) is 43.3. The van der Waals surface area contributed by atoms with E-state index in [0.29, 0.717) is 16.7 Å². The summed E-state index contributed by atoms with van der Waals surface area (Å²) in [7, 11) is 0. The molecule has 0 bridgehead atoms. The number of primary amides is 3. The topological polar surface area (TPSA) is 850 Å². The number of aliphatic carboxylic acids is 2. The van der Waals surface area contributed by atoms with Gasteiger partial charge in [-0.3, -0.25) is 92.9 Å². The van der Waals surface area contributed by atoms with Gasteiger partial charge in [0.1, 0.15) is 90.0 Å². The quantitative estimate of drug-likeness (QED) is 0.00848. The number of fused-ring (bicyclic) bond motifs is 1. The number of nitrogens with two attached hydrogens (primary N) is 7. The molecule has 1 heterocycles. The number of nitrogens with one attached hydrogen (secondary N) is 20. The molecule has 52 heteroatoms. The van der Waals surface area contributed by atoms with Crippen molar-refractivity contribution in [2.75, 3.05) is 57.3 Å². The number of phenolic OH excluding ortho intramolecular Hbond substituents is 2. The van der Waals surface area contributed by atoms with Crippen molar-refractivity contribution in [3.63, 3.8) is 0 Å². The third-order valence-corrected chi connectivity index (χ3v) is 22.8. The molecule has 1 aliphatic rings. The van der Waals surface area contributed by atoms with Gasteiger partial charge in [-0.15, -0.1) is 0 Å². The van der Waals surface area contributed by atoms with Crippen LogP contribution in [0.2, 0.25) is 0 Å². The Balaban J connectivity index is 1.46. The van der Waals surface area contributed by atoms with Crippen molar-refractivity contribution in [2.45, 2.75) is 226 Å². The number of likely N-dealkylation sites (tertiary alicyclic amines) is 1. The molecule has 13 atom stereocenters. The molecule has 4 aromatic carbocycles. The van der Waals surface area contributed by atoms with Crippen LogP contribution in [0.5, 0.6) is 11.5 Å². The van der Waals surface area contributed by atoms with Gasteiger partial charge >= 0.3 is 24.0 Å². The Hall–Kier alpha value is -14.7. The molecule has 1 aliphatic heterocycles. The monoisotopic (exact) mass is 2000 g/mol. The van der Waals surface area contributed by atoms with E-state index in [1.165, 1.54) is 48.5 Å². The van der Waals surface area contributed by atoms with Crippen molar-refractivity contribution in [3.05, 3.63) is 108 Å². The molecule has 50 nitrogen and oxygen atoms in total. The average molecular weight is 2000 g/mol. The van der Waals surface area contributed by atoms with Gasteiger partial charge < -0.3 is 156 Å². The lowest BCUT2D eigenvalue weighted by Gasteiger charge is -2.31. The molecule has 1 saturated heterocycles. The van der Waals surface area contributed by atoms with Crippen LogP contribution in [0.4, 0.5) is 9.59 Å². The first-order valence-corrected chi connectivity index (χ1v) is 46.8. The molecule has 0 aliphatic carbocycles. The minimum atomic E-state index is -1.79. The Morgan fingerprint density at radius 2 is 0.693 bits per heavy atom. The molecule has 0 aromatic heterocycles. The number of nitrogens with zero attached hydrogens (tertiary/aromatic N) is 1. The Morgan fingerprint density at radius 3 is 1.09 bits per heavy atom. The summed E-state index contributed by atoms with van der Waals surface area (Å²) in [4.78, 5) is 252. The summed E-state index contributed by atoms with van der Waals surface area (Å²) < 4.78 is 0. The number of carbonyl (C=O) groups is 18. The van der Waals surface area contributed by atoms with E-state index in [0.717, 1.165) is 15.7 Å². The first-order chi connectivity index (χ1) is 66.6. The number of unbranched alkanes of at least 4 members (excludes halogenated alkanes) is 1. The van der Waals surface area contributed by atoms with Crippen LogP contribution >= 0.6 is 25.3 Å². The number of guanidine groups is 3. The number of amides is 18. The highest BCUT2D eigenvalue weighted by Crippen LogP contribution is 2.24. The molecule has 0 radical (unpaired) electrons. The summed E-state index contributed by atoms with van der Waals surface area (Å²) in [6.45, 7) is -0.302. The molecule has 768 valence electrons. The maximum absolute atomic E-state index is 15.2. The number of rotatable bonds is 64. The smallest absolute Gasteiger partial charge is 0.312 e. The van der Waals surface area contributed by atoms with E-state index in [1.54, 1.807) is 24.3 Å². The zero-order valence-electron chi connectivity index (χ0n) is 77.3. The zero-order chi connectivity index (χ0) is 104. The molecular weight excluding hydrogens is 1870 g/mol. The van der Waals surface area contributed by atoms with Gasteiger partial charge in [0.15, 0.2) is 17.9 Å². The summed E-state index contributed by atoms with van der Waals surface area (Å²) in [6, 6.07) is 0.967. The largest absolute Gasteiger partial charge is 0.508 e. The predicted octanol–water partition coefficient (Wildman–Crippen LogP) is -5.63. The second-order valence-corrected chi connectivity index (χ2v) is 33.9. The number of carboxylic acid groups (broad SMARTS) is 2. The van der Waals surface area contributed by atoms with Crippen molar-refractivity contribution >= 4 is 161 Å². The lowest BCUT2D eigenvalue weighted by atomic mass is 10.00. The first kappa shape index (κ1) is 116. The van der Waals surface area contributed by atoms with Gasteiger partial charge in [0.2, 0.25) is 82.7 Å². The normalized spacial score (nSPS) is 14.6. The standard InChI is InChI=1S/C88H132N28O22S2/c89-35-4-3-14-57(106-73(126)59(18-9-39-102-87(97)137)108-77(130)62(43-48-24-29-53(117)30-25-48)112-81(134)66(47-140)115-79(132)64(45-50-23-28-51-12-1-2-13-52(51)42-50)111-72(125)56(16-7-37-100-85(93)94)104-68(119)21-5-22-69(120)121)75(128)110-61(33-34-70(122)123)83(136)116-41-11-20-67(116)82(135)113-63(44-49-26-31-54(118)32-27-49)78(131)109-58(17-8-38-101-86(95)96)74(127)107-60(19-10-40-103-88(98)138)76(129)114-65(46-139)80(133)105-55(71(90)124)15-6-36-99-84(91)92/h1-2,12-13,23-32,42,55-67,117-118,139-140H,3-11,14-22,33-41,43-47,89H2,(H2,90,124)(H,104,119)(H,105,133)(H,106,126)(H,107,127)(H,108,130)(H,109,131)(H,110,128)(H,111,125)(H,112,134)(H,113,135)(H,114,129)(H,115,132)(H,120,121)(H,122,123)(H4,91,92,99)(H4,93,94,100)(H4,95,96,101)(H3,97,102,137)(H3,98,103,138)/t55-,56-,57-,58-,59-,60-,61+,62-,63-,64-,65-,66-,67-/m0/s1. The summed E-state index contributed by atoms with van der Waals surface area (Å²) in [6.07, 6.45) is -3.78. The van der Waals surface area contributed by atoms with E-state index in [2.05, 4.69) is 116 Å². The SMILES string of the molecule is N=C(N)NCCC[C@H](NC(=O)[C@H](CS)NC(=O)[C@H](CCCNC(N)=O)NC(=O)[C@H](CCCNC(=N)N)NC(=O)[C@H](Cc1ccc(O)cc1)NC(=O)[C@@H]1CCCN1C(=O)[C@@H](CCC(=O)O)NC(=O)[C@H](CCCCN)NC(=O)[C@H](CCCNC(N)=O)NC(=O)[C@H](Cc1ccc(O)cc1)NC(=O)[C@H](CS)NC(=O)[C@H](Cc1ccc2ccccc2c1)NC(=O)[C@H](CCCNC(=N)N)NC(=O)CCCC(=O)O)C(N)=O. The lowest BCUT2D eigenvalue weighted by molar-refractivity contribution is -0.143. The fourth-order valence-corrected chi connectivity index (χ4v) is 15.3. The zero-order valence-corrected chi connectivity index (χ0v) is 79.1. The minimum Gasteiger partial charge on any atom is -0.508 e. The molecule has 0 saturated carbocycles. The Kier molecular flexibility index (Phi) is 50.8. The van der Waals surface area contributed by atoms with Crippen LogP contribution in [0, 0.1) is 16.2 Å². The van der Waals surface area contributed by atoms with Crippen LogP contribution in [0.15, 0.2) is 91.0 Å². The van der Waals surface area contributed by atoms with Gasteiger partial charge in [0.25, 0.3) is 0 Å². The van der Waals surface area contributed by atoms with Crippen molar-refractivity contribution in [3.8, 4) is 11.5 Å². The number of benzene rings is 4. The molecule has 1 fully saturated rings. The highest BCUT2D eigenvalue weighted by molar-refractivity contribution is 7.80. The molecule has 0 unspecified atom stereocenters. The molecule has 4 aromatic rings. The molecule has 5 rings (SSSR count). The molecule has 18 amide bonds. The van der Waals surface area contributed by atoms with Crippen LogP contribution in [-0.4, -0.2) is 286 Å². The number of carboxylic acids is 2. The fourth-order valence-electron chi connectivity index (χ4n) is 14.8. The number of phenols is 2. The van der Waals surface area contributed by atoms with Gasteiger partial charge in [0, 0.05) is 89.3 Å². The maximum atomic E-state index is 15.2. The molecule has 0 spiro atoms. The van der Waals surface area contributed by atoms with Crippen LogP contribution in [0.3, 0.4) is 0 Å². The Labute approximate surface area is 817 Å². The minimum absolute atomic E-state index is 0.0122. The second-order valence-electron chi connectivity index (χ2n) is 33.2. The number of aromatic hydroxyl groups is 2. The van der Waals surface area contributed by atoms with E-state index in [1.807, 2.05) is 18.2 Å². The molecule has 38 N–H and O–H groups in total. The van der Waals surface area contributed by atoms with E-state index in [-0.39, 0.29) is 203 Å². The summed E-state index contributed by atoms with van der Waals surface area (Å²) in [5.41, 5.74) is 39.7. The maximum Gasteiger partial charge on any atom is 0.312 e. The second kappa shape index (κ2) is 61.5. The molecule has 140 heavy (non-hydrogen) atoms. The number of thiol groups is 2. The van der Waals surface area contributed by atoms with E-state index >= 15 is 28.8 Å². The molecular formula is C88H132N28O22S2. The highest BCUT2D eigenvalue weighted by Gasteiger charge is 2.42. The Bertz CT molecular complexity index is 4930. The number of carbonyl (C=O) groups excluding carboxylic acids is 16. The van der Waals surface area contributed by atoms with Crippen molar-refractivity contribution in [1.29, 1.82) is 16.2 Å². The summed E-state index contributed by atoms with van der Waals surface area (Å²) >= 11 is 8.65. The number of hydrogen-bond donors (Lipinski definition) is 33. The summed E-state index contributed by atoms with van der Waals surface area (Å²) in [5.74, 6) is -18.8. The highest BCUT2D eigenvalue weighted by atomic mass is 32.1. The fraction of sp³-hybridized carbons (Fsp3) is 0.511. The van der Waals surface area contributed by atoms with E-state index < -0.39 is 216 Å². The van der Waals surface area contributed by atoms with Crippen LogP contribution in [-0.2, 0) is 96.0 Å². The predicted molar refractivity (Wildman–Crippen MR) is 518 cm³/mol.